The molecule has 3 rings (SSSR count). The molecule has 0 radical (unpaired) electrons. The molecule has 0 amide bonds. The number of benzene rings is 1. The molecular formula is C13H11FN4. The van der Waals surface area contributed by atoms with Crippen molar-refractivity contribution in [2.45, 2.75) is 13.8 Å². The first-order chi connectivity index (χ1) is 8.66. The lowest BCUT2D eigenvalue weighted by Crippen LogP contribution is -1.97. The van der Waals surface area contributed by atoms with Crippen LogP contribution in [0.2, 0.25) is 0 Å². The largest absolute Gasteiger partial charge is 0.207 e. The molecule has 0 bridgehead atoms. The minimum Gasteiger partial charge on any atom is -0.207 e. The molecule has 0 aliphatic rings. The summed E-state index contributed by atoms with van der Waals surface area (Å²) in [7, 11) is 0. The van der Waals surface area contributed by atoms with Gasteiger partial charge in [-0.25, -0.2) is 4.39 Å². The van der Waals surface area contributed by atoms with Gasteiger partial charge in [-0.2, -0.15) is 9.61 Å². The Labute approximate surface area is 103 Å². The maximum absolute atomic E-state index is 13.6. The Kier molecular flexibility index (Phi) is 2.33. The fraction of sp³-hybridized carbons (Fsp3) is 0.154. The Morgan fingerprint density at radius 3 is 2.83 bits per heavy atom. The normalized spacial score (nSPS) is 11.1. The molecule has 0 saturated carbocycles. The average molecular weight is 242 g/mol. The number of aryl methyl sites for hydroxylation is 1. The van der Waals surface area contributed by atoms with Gasteiger partial charge in [-0.3, -0.25) is 0 Å². The molecule has 5 heteroatoms. The standard InChI is InChI=1S/C13H11FN4/c1-8-6-12-16-17-13(18(12)15-7-8)10-4-3-5-11(14)9(10)2/h3-7H,1-2H3. The summed E-state index contributed by atoms with van der Waals surface area (Å²) in [6, 6.07) is 6.79. The zero-order chi connectivity index (χ0) is 12.7. The smallest absolute Gasteiger partial charge is 0.185 e. The van der Waals surface area contributed by atoms with Gasteiger partial charge in [0.25, 0.3) is 0 Å². The highest BCUT2D eigenvalue weighted by Gasteiger charge is 2.13. The molecule has 2 heterocycles. The lowest BCUT2D eigenvalue weighted by atomic mass is 10.1. The van der Waals surface area contributed by atoms with Crippen molar-refractivity contribution in [3.05, 3.63) is 47.4 Å². The molecule has 0 aliphatic carbocycles. The molecule has 18 heavy (non-hydrogen) atoms. The number of hydrogen-bond acceptors (Lipinski definition) is 3. The van der Waals surface area contributed by atoms with E-state index in [4.69, 9.17) is 0 Å². The maximum Gasteiger partial charge on any atom is 0.185 e. The van der Waals surface area contributed by atoms with Crippen molar-refractivity contribution in [1.29, 1.82) is 0 Å². The summed E-state index contributed by atoms with van der Waals surface area (Å²) in [5, 5.41) is 12.4. The van der Waals surface area contributed by atoms with Gasteiger partial charge in [0.1, 0.15) is 5.82 Å². The lowest BCUT2D eigenvalue weighted by molar-refractivity contribution is 0.619. The third-order valence-corrected chi connectivity index (χ3v) is 2.91. The molecule has 0 aliphatic heterocycles. The molecule has 3 aromatic rings. The number of nitrogens with zero attached hydrogens (tertiary/aromatic N) is 4. The van der Waals surface area contributed by atoms with Crippen LogP contribution in [0.4, 0.5) is 4.39 Å². The minimum absolute atomic E-state index is 0.253. The van der Waals surface area contributed by atoms with Gasteiger partial charge in [0, 0.05) is 5.56 Å². The number of aromatic nitrogens is 4. The van der Waals surface area contributed by atoms with Crippen molar-refractivity contribution in [3.8, 4) is 11.4 Å². The SMILES string of the molecule is Cc1cnn2c(-c3cccc(F)c3C)nnc2c1. The molecular weight excluding hydrogens is 231 g/mol. The van der Waals surface area contributed by atoms with E-state index in [1.807, 2.05) is 19.1 Å². The summed E-state index contributed by atoms with van der Waals surface area (Å²) in [6.45, 7) is 3.66. The molecule has 90 valence electrons. The molecule has 0 N–H and O–H groups in total. The van der Waals surface area contributed by atoms with Gasteiger partial charge in [0.2, 0.25) is 0 Å². The van der Waals surface area contributed by atoms with Crippen molar-refractivity contribution < 1.29 is 4.39 Å². The van der Waals surface area contributed by atoms with E-state index in [0.29, 0.717) is 22.6 Å². The molecule has 0 atom stereocenters. The lowest BCUT2D eigenvalue weighted by Gasteiger charge is -2.04. The van der Waals surface area contributed by atoms with E-state index >= 15 is 0 Å². The van der Waals surface area contributed by atoms with Crippen LogP contribution >= 0.6 is 0 Å². The minimum atomic E-state index is -0.253. The van der Waals surface area contributed by atoms with Gasteiger partial charge in [-0.1, -0.05) is 12.1 Å². The van der Waals surface area contributed by atoms with Crippen LogP contribution in [-0.2, 0) is 0 Å². The van der Waals surface area contributed by atoms with Crippen molar-refractivity contribution in [2.75, 3.05) is 0 Å². The predicted octanol–water partition coefficient (Wildman–Crippen LogP) is 2.55. The Morgan fingerprint density at radius 2 is 2.00 bits per heavy atom. The fourth-order valence-electron chi connectivity index (χ4n) is 1.90. The Bertz CT molecular complexity index is 733. The van der Waals surface area contributed by atoms with Gasteiger partial charge in [0.05, 0.1) is 6.20 Å². The Balaban J connectivity index is 2.29. The van der Waals surface area contributed by atoms with Crippen LogP contribution in [0.5, 0.6) is 0 Å². The van der Waals surface area contributed by atoms with Crippen LogP contribution in [0.15, 0.2) is 30.5 Å². The molecule has 0 spiro atoms. The van der Waals surface area contributed by atoms with Gasteiger partial charge < -0.3 is 0 Å². The summed E-state index contributed by atoms with van der Waals surface area (Å²) in [5.41, 5.74) is 2.93. The highest BCUT2D eigenvalue weighted by Crippen LogP contribution is 2.23. The summed E-state index contributed by atoms with van der Waals surface area (Å²) < 4.78 is 15.2. The predicted molar refractivity (Wildman–Crippen MR) is 65.7 cm³/mol. The third-order valence-electron chi connectivity index (χ3n) is 2.91. The second-order valence-electron chi connectivity index (χ2n) is 4.24. The third kappa shape index (κ3) is 1.55. The molecule has 4 nitrogen and oxygen atoms in total. The van der Waals surface area contributed by atoms with Crippen LogP contribution in [0.3, 0.4) is 0 Å². The molecule has 0 saturated heterocycles. The van der Waals surface area contributed by atoms with Crippen LogP contribution in [0.25, 0.3) is 17.0 Å². The van der Waals surface area contributed by atoms with E-state index in [9.17, 15) is 4.39 Å². The second-order valence-corrected chi connectivity index (χ2v) is 4.24. The molecule has 0 unspecified atom stereocenters. The van der Waals surface area contributed by atoms with E-state index < -0.39 is 0 Å². The topological polar surface area (TPSA) is 43.1 Å². The fourth-order valence-corrected chi connectivity index (χ4v) is 1.90. The van der Waals surface area contributed by atoms with E-state index in [1.54, 1.807) is 23.7 Å². The van der Waals surface area contributed by atoms with Crippen LogP contribution < -0.4 is 0 Å². The first kappa shape index (κ1) is 10.8. The number of halogens is 1. The highest BCUT2D eigenvalue weighted by atomic mass is 19.1. The first-order valence-corrected chi connectivity index (χ1v) is 5.60. The number of hydrogen-bond donors (Lipinski definition) is 0. The summed E-state index contributed by atoms with van der Waals surface area (Å²) in [5.74, 6) is 0.304. The van der Waals surface area contributed by atoms with E-state index in [0.717, 1.165) is 5.56 Å². The van der Waals surface area contributed by atoms with Crippen LogP contribution in [0.1, 0.15) is 11.1 Å². The summed E-state index contributed by atoms with van der Waals surface area (Å²) >= 11 is 0. The second kappa shape index (κ2) is 3.87. The zero-order valence-electron chi connectivity index (χ0n) is 10.1. The van der Waals surface area contributed by atoms with E-state index in [-0.39, 0.29) is 5.82 Å². The summed E-state index contributed by atoms with van der Waals surface area (Å²) in [6.07, 6.45) is 1.73. The van der Waals surface area contributed by atoms with Gasteiger partial charge in [0.15, 0.2) is 11.5 Å². The highest BCUT2D eigenvalue weighted by molar-refractivity contribution is 5.62. The van der Waals surface area contributed by atoms with E-state index in [1.165, 1.54) is 6.07 Å². The Morgan fingerprint density at radius 1 is 1.17 bits per heavy atom. The summed E-state index contributed by atoms with van der Waals surface area (Å²) in [4.78, 5) is 0. The average Bonchev–Trinajstić information content (AvgIpc) is 2.75. The molecule has 1 aromatic carbocycles. The van der Waals surface area contributed by atoms with Gasteiger partial charge >= 0.3 is 0 Å². The first-order valence-electron chi connectivity index (χ1n) is 5.60. The molecule has 0 fully saturated rings. The number of rotatable bonds is 1. The van der Waals surface area contributed by atoms with Crippen molar-refractivity contribution in [1.82, 2.24) is 19.8 Å². The van der Waals surface area contributed by atoms with Gasteiger partial charge in [-0.15, -0.1) is 10.2 Å². The van der Waals surface area contributed by atoms with Crippen LogP contribution in [0, 0.1) is 19.7 Å². The van der Waals surface area contributed by atoms with Crippen LogP contribution in [-0.4, -0.2) is 19.8 Å². The van der Waals surface area contributed by atoms with Crippen molar-refractivity contribution in [3.63, 3.8) is 0 Å². The van der Waals surface area contributed by atoms with Gasteiger partial charge in [-0.05, 0) is 37.1 Å². The monoisotopic (exact) mass is 242 g/mol. The molecule has 2 aromatic heterocycles. The maximum atomic E-state index is 13.6. The quantitative estimate of drug-likeness (QED) is 0.658. The van der Waals surface area contributed by atoms with E-state index in [2.05, 4.69) is 15.3 Å². The Hall–Kier alpha value is -2.30. The number of fused-ring (bicyclic) bond motifs is 1. The van der Waals surface area contributed by atoms with Crippen molar-refractivity contribution >= 4 is 5.65 Å². The zero-order valence-corrected chi connectivity index (χ0v) is 10.1. The van der Waals surface area contributed by atoms with Crippen molar-refractivity contribution in [2.24, 2.45) is 0 Å².